The van der Waals surface area contributed by atoms with Crippen LogP contribution in [0.25, 0.3) is 0 Å². The van der Waals surface area contributed by atoms with E-state index in [2.05, 4.69) is 55.4 Å². The van der Waals surface area contributed by atoms with E-state index >= 15 is 0 Å². The SMILES string of the molecule is CC(C)(C)N1CCC(C(=O)CBr)CC1(C)C. The van der Waals surface area contributed by atoms with E-state index in [1.807, 2.05) is 0 Å². The van der Waals surface area contributed by atoms with Crippen molar-refractivity contribution in [2.45, 2.75) is 58.5 Å². The van der Waals surface area contributed by atoms with Crippen molar-refractivity contribution in [3.63, 3.8) is 0 Å². The number of hydrogen-bond donors (Lipinski definition) is 0. The molecule has 16 heavy (non-hydrogen) atoms. The highest BCUT2D eigenvalue weighted by Gasteiger charge is 2.41. The zero-order valence-corrected chi connectivity index (χ0v) is 12.7. The highest BCUT2D eigenvalue weighted by atomic mass is 79.9. The fraction of sp³-hybridized carbons (Fsp3) is 0.923. The molecule has 1 atom stereocenters. The maximum absolute atomic E-state index is 11.7. The average Bonchev–Trinajstić information content (AvgIpc) is 2.12. The van der Waals surface area contributed by atoms with Crippen LogP contribution in [0.15, 0.2) is 0 Å². The van der Waals surface area contributed by atoms with Gasteiger partial charge in [0.2, 0.25) is 0 Å². The van der Waals surface area contributed by atoms with E-state index in [-0.39, 0.29) is 17.0 Å². The molecular weight excluding hydrogens is 266 g/mol. The molecule has 94 valence electrons. The number of rotatable bonds is 2. The van der Waals surface area contributed by atoms with Crippen LogP contribution in [0.1, 0.15) is 47.5 Å². The molecule has 1 aliphatic heterocycles. The molecule has 0 aromatic rings. The summed E-state index contributed by atoms with van der Waals surface area (Å²) >= 11 is 3.28. The van der Waals surface area contributed by atoms with Crippen molar-refractivity contribution in [2.75, 3.05) is 11.9 Å². The van der Waals surface area contributed by atoms with Gasteiger partial charge in [-0.2, -0.15) is 0 Å². The molecule has 1 heterocycles. The van der Waals surface area contributed by atoms with Crippen LogP contribution in [0, 0.1) is 5.92 Å². The summed E-state index contributed by atoms with van der Waals surface area (Å²) in [5.41, 5.74) is 0.310. The maximum Gasteiger partial charge on any atom is 0.146 e. The Labute approximate surface area is 108 Å². The number of halogens is 1. The quantitative estimate of drug-likeness (QED) is 0.728. The topological polar surface area (TPSA) is 20.3 Å². The van der Waals surface area contributed by atoms with Crippen LogP contribution >= 0.6 is 15.9 Å². The van der Waals surface area contributed by atoms with Gasteiger partial charge in [-0.15, -0.1) is 0 Å². The van der Waals surface area contributed by atoms with E-state index in [9.17, 15) is 4.79 Å². The first-order valence-corrected chi connectivity index (χ1v) is 7.17. The van der Waals surface area contributed by atoms with E-state index in [0.717, 1.165) is 19.4 Å². The lowest BCUT2D eigenvalue weighted by Gasteiger charge is -2.52. The summed E-state index contributed by atoms with van der Waals surface area (Å²) < 4.78 is 0. The molecule has 0 N–H and O–H groups in total. The fourth-order valence-electron chi connectivity index (χ4n) is 3.03. The number of Topliss-reactive ketones (excluding diaryl/α,β-unsaturated/α-hetero) is 1. The molecule has 1 saturated heterocycles. The van der Waals surface area contributed by atoms with Crippen LogP contribution in [0.2, 0.25) is 0 Å². The normalized spacial score (nSPS) is 26.8. The third kappa shape index (κ3) is 3.07. The number of piperidine rings is 1. The Morgan fingerprint density at radius 3 is 2.38 bits per heavy atom. The summed E-state index contributed by atoms with van der Waals surface area (Å²) in [5, 5.41) is 0.503. The van der Waals surface area contributed by atoms with Gasteiger partial charge in [0, 0.05) is 17.0 Å². The second-order valence-electron chi connectivity index (χ2n) is 6.42. The lowest BCUT2D eigenvalue weighted by atomic mass is 9.78. The molecule has 0 amide bonds. The van der Waals surface area contributed by atoms with Crippen molar-refractivity contribution >= 4 is 21.7 Å². The maximum atomic E-state index is 11.7. The van der Waals surface area contributed by atoms with Crippen LogP contribution in [0.5, 0.6) is 0 Å². The summed E-state index contributed by atoms with van der Waals surface area (Å²) in [6.45, 7) is 12.3. The molecule has 1 unspecified atom stereocenters. The molecule has 0 aromatic heterocycles. The summed E-state index contributed by atoms with van der Waals surface area (Å²) in [6, 6.07) is 0. The molecule has 0 radical (unpaired) electrons. The summed E-state index contributed by atoms with van der Waals surface area (Å²) in [5.74, 6) is 0.606. The first kappa shape index (κ1) is 14.2. The predicted octanol–water partition coefficient (Wildman–Crippen LogP) is 3.24. The Morgan fingerprint density at radius 2 is 2.00 bits per heavy atom. The average molecular weight is 290 g/mol. The lowest BCUT2D eigenvalue weighted by molar-refractivity contribution is -0.125. The van der Waals surface area contributed by atoms with Crippen molar-refractivity contribution in [1.29, 1.82) is 0 Å². The van der Waals surface area contributed by atoms with Crippen molar-refractivity contribution in [3.8, 4) is 0 Å². The Morgan fingerprint density at radius 1 is 1.44 bits per heavy atom. The van der Waals surface area contributed by atoms with E-state index in [1.54, 1.807) is 0 Å². The minimum Gasteiger partial charge on any atom is -0.298 e. The molecule has 1 fully saturated rings. The van der Waals surface area contributed by atoms with E-state index < -0.39 is 0 Å². The lowest BCUT2D eigenvalue weighted by Crippen LogP contribution is -2.58. The molecule has 0 saturated carbocycles. The first-order valence-electron chi connectivity index (χ1n) is 6.05. The molecular formula is C13H24BrNO. The Hall–Kier alpha value is 0.110. The van der Waals surface area contributed by atoms with E-state index in [1.165, 1.54) is 0 Å². The first-order chi connectivity index (χ1) is 7.18. The Bertz CT molecular complexity index is 268. The van der Waals surface area contributed by atoms with Crippen molar-refractivity contribution in [1.82, 2.24) is 4.90 Å². The fourth-order valence-corrected chi connectivity index (χ4v) is 3.49. The summed E-state index contributed by atoms with van der Waals surface area (Å²) in [7, 11) is 0. The summed E-state index contributed by atoms with van der Waals surface area (Å²) in [6.07, 6.45) is 1.99. The predicted molar refractivity (Wildman–Crippen MR) is 72.1 cm³/mol. The van der Waals surface area contributed by atoms with Gasteiger partial charge < -0.3 is 0 Å². The van der Waals surface area contributed by atoms with Crippen LogP contribution < -0.4 is 0 Å². The number of hydrogen-bond acceptors (Lipinski definition) is 2. The zero-order chi connectivity index (χ0) is 12.6. The number of ketones is 1. The molecule has 0 bridgehead atoms. The molecule has 0 aliphatic carbocycles. The van der Waals surface area contributed by atoms with Gasteiger partial charge in [0.1, 0.15) is 5.78 Å². The smallest absolute Gasteiger partial charge is 0.146 e. The third-order valence-electron chi connectivity index (χ3n) is 3.57. The van der Waals surface area contributed by atoms with Crippen LogP contribution in [-0.4, -0.2) is 33.6 Å². The van der Waals surface area contributed by atoms with Gasteiger partial charge in [0.05, 0.1) is 5.33 Å². The van der Waals surface area contributed by atoms with Crippen LogP contribution in [0.3, 0.4) is 0 Å². The number of carbonyl (C=O) groups is 1. The molecule has 1 rings (SSSR count). The number of likely N-dealkylation sites (tertiary alicyclic amines) is 1. The van der Waals surface area contributed by atoms with Crippen molar-refractivity contribution in [2.24, 2.45) is 5.92 Å². The zero-order valence-electron chi connectivity index (χ0n) is 11.1. The highest BCUT2D eigenvalue weighted by molar-refractivity contribution is 9.09. The second kappa shape index (κ2) is 4.77. The Kier molecular flexibility index (Phi) is 4.23. The van der Waals surface area contributed by atoms with Gasteiger partial charge in [-0.05, 0) is 54.0 Å². The van der Waals surface area contributed by atoms with Gasteiger partial charge in [-0.1, -0.05) is 15.9 Å². The third-order valence-corrected chi connectivity index (χ3v) is 4.13. The molecule has 3 heteroatoms. The number of carbonyl (C=O) groups excluding carboxylic acids is 1. The van der Waals surface area contributed by atoms with Crippen LogP contribution in [-0.2, 0) is 4.79 Å². The standard InChI is InChI=1S/C13H24BrNO/c1-12(2,3)15-7-6-10(11(16)9-14)8-13(15,4)5/h10H,6-9H2,1-5H3. The van der Waals surface area contributed by atoms with Crippen molar-refractivity contribution in [3.05, 3.63) is 0 Å². The van der Waals surface area contributed by atoms with Gasteiger partial charge in [0.25, 0.3) is 0 Å². The summed E-state index contributed by atoms with van der Waals surface area (Å²) in [4.78, 5) is 14.3. The van der Waals surface area contributed by atoms with Crippen LogP contribution in [0.4, 0.5) is 0 Å². The van der Waals surface area contributed by atoms with Crippen molar-refractivity contribution < 1.29 is 4.79 Å². The van der Waals surface area contributed by atoms with Gasteiger partial charge in [-0.25, -0.2) is 0 Å². The highest BCUT2D eigenvalue weighted by Crippen LogP contribution is 2.36. The monoisotopic (exact) mass is 289 g/mol. The second-order valence-corrected chi connectivity index (χ2v) is 6.99. The number of alkyl halides is 1. The largest absolute Gasteiger partial charge is 0.298 e. The van der Waals surface area contributed by atoms with E-state index in [0.29, 0.717) is 11.1 Å². The van der Waals surface area contributed by atoms with Gasteiger partial charge >= 0.3 is 0 Å². The number of nitrogens with zero attached hydrogens (tertiary/aromatic N) is 1. The van der Waals surface area contributed by atoms with Gasteiger partial charge in [-0.3, -0.25) is 9.69 Å². The van der Waals surface area contributed by atoms with E-state index in [4.69, 9.17) is 0 Å². The molecule has 1 aliphatic rings. The molecule has 0 aromatic carbocycles. The molecule has 0 spiro atoms. The minimum absolute atomic E-state index is 0.124. The minimum atomic E-state index is 0.124. The molecule has 2 nitrogen and oxygen atoms in total. The van der Waals surface area contributed by atoms with Gasteiger partial charge in [0.15, 0.2) is 0 Å². The Balaban J connectivity index is 2.77.